The molecule has 3 aromatic rings. The van der Waals surface area contributed by atoms with E-state index in [0.717, 1.165) is 18.2 Å². The summed E-state index contributed by atoms with van der Waals surface area (Å²) in [4.78, 5) is 12.2. The fourth-order valence-corrected chi connectivity index (χ4v) is 3.93. The van der Waals surface area contributed by atoms with Gasteiger partial charge >= 0.3 is 5.69 Å². The van der Waals surface area contributed by atoms with Crippen molar-refractivity contribution >= 4 is 21.6 Å². The van der Waals surface area contributed by atoms with Gasteiger partial charge in [0.05, 0.1) is 23.6 Å². The summed E-state index contributed by atoms with van der Waals surface area (Å²) in [7, 11) is -0.775. The SMILES string of the molecule is COc1ccc(-c2nn(CCNS(=O)(=O)c3ccc(F)c(Cl)c3)c(=O)n2C)cc1. The number of sulfonamides is 1. The molecule has 0 atom stereocenters. The molecule has 11 heteroatoms. The maximum Gasteiger partial charge on any atom is 0.345 e. The van der Waals surface area contributed by atoms with E-state index in [-0.39, 0.29) is 28.7 Å². The molecule has 0 bridgehead atoms. The van der Waals surface area contributed by atoms with Crippen LogP contribution in [0.25, 0.3) is 11.4 Å². The number of benzene rings is 2. The average Bonchev–Trinajstić information content (AvgIpc) is 2.98. The lowest BCUT2D eigenvalue weighted by Crippen LogP contribution is -2.31. The topological polar surface area (TPSA) is 95.2 Å². The Hall–Kier alpha value is -2.69. The summed E-state index contributed by atoms with van der Waals surface area (Å²) in [5.74, 6) is 0.399. The minimum absolute atomic E-state index is 0.0109. The Morgan fingerprint density at radius 2 is 1.90 bits per heavy atom. The highest BCUT2D eigenvalue weighted by Gasteiger charge is 2.17. The Kier molecular flexibility index (Phi) is 6.06. The van der Waals surface area contributed by atoms with Crippen molar-refractivity contribution in [2.45, 2.75) is 11.4 Å². The molecule has 154 valence electrons. The van der Waals surface area contributed by atoms with Crippen molar-refractivity contribution < 1.29 is 17.5 Å². The second kappa shape index (κ2) is 8.36. The Labute approximate surface area is 171 Å². The zero-order valence-electron chi connectivity index (χ0n) is 15.6. The molecule has 0 saturated heterocycles. The molecule has 0 aliphatic rings. The van der Waals surface area contributed by atoms with Gasteiger partial charge < -0.3 is 4.74 Å². The van der Waals surface area contributed by atoms with Gasteiger partial charge in [-0.2, -0.15) is 0 Å². The van der Waals surface area contributed by atoms with Crippen LogP contribution in [0.1, 0.15) is 0 Å². The quantitative estimate of drug-likeness (QED) is 0.606. The van der Waals surface area contributed by atoms with Crippen LogP contribution in [0.5, 0.6) is 5.75 Å². The van der Waals surface area contributed by atoms with Crippen LogP contribution in [0.15, 0.2) is 52.2 Å². The standard InChI is InChI=1S/C18H18ClFN4O4S/c1-23-17(12-3-5-13(28-2)6-4-12)22-24(18(23)25)10-9-21-29(26,27)14-7-8-16(20)15(19)11-14/h3-8,11,21H,9-10H2,1-2H3. The smallest absolute Gasteiger partial charge is 0.345 e. The molecular formula is C18H18ClFN4O4S. The zero-order chi connectivity index (χ0) is 21.2. The van der Waals surface area contributed by atoms with Crippen LogP contribution < -0.4 is 15.1 Å². The zero-order valence-corrected chi connectivity index (χ0v) is 17.2. The van der Waals surface area contributed by atoms with Gasteiger partial charge in [-0.25, -0.2) is 27.0 Å². The van der Waals surface area contributed by atoms with Gasteiger partial charge in [-0.3, -0.25) is 4.57 Å². The minimum atomic E-state index is -3.91. The fourth-order valence-electron chi connectivity index (χ4n) is 2.64. The van der Waals surface area contributed by atoms with Crippen LogP contribution in [-0.2, 0) is 23.6 Å². The number of rotatable bonds is 7. The van der Waals surface area contributed by atoms with Crippen LogP contribution in [0.3, 0.4) is 0 Å². The Morgan fingerprint density at radius 3 is 2.52 bits per heavy atom. The van der Waals surface area contributed by atoms with Crippen molar-refractivity contribution in [2.24, 2.45) is 7.05 Å². The monoisotopic (exact) mass is 440 g/mol. The van der Waals surface area contributed by atoms with Gasteiger partial charge in [0.15, 0.2) is 5.82 Å². The maximum absolute atomic E-state index is 13.2. The number of ether oxygens (including phenoxy) is 1. The lowest BCUT2D eigenvalue weighted by molar-refractivity contribution is 0.415. The summed E-state index contributed by atoms with van der Waals surface area (Å²) in [6.45, 7) is -0.0761. The average molecular weight is 441 g/mol. The number of hydrogen-bond acceptors (Lipinski definition) is 5. The van der Waals surface area contributed by atoms with E-state index >= 15 is 0 Å². The number of methoxy groups -OCH3 is 1. The first-order chi connectivity index (χ1) is 13.7. The first kappa shape index (κ1) is 21.0. The molecule has 1 heterocycles. The van der Waals surface area contributed by atoms with E-state index in [1.165, 1.54) is 9.25 Å². The van der Waals surface area contributed by atoms with Gasteiger partial charge in [0.2, 0.25) is 10.0 Å². The molecule has 1 N–H and O–H groups in total. The van der Waals surface area contributed by atoms with Crippen molar-refractivity contribution in [1.82, 2.24) is 19.1 Å². The Balaban J connectivity index is 1.74. The van der Waals surface area contributed by atoms with Crippen LogP contribution in [0.2, 0.25) is 5.02 Å². The Bertz CT molecular complexity index is 1190. The first-order valence-electron chi connectivity index (χ1n) is 8.46. The number of halogens is 2. The minimum Gasteiger partial charge on any atom is -0.497 e. The van der Waals surface area contributed by atoms with E-state index in [0.29, 0.717) is 17.1 Å². The normalized spacial score (nSPS) is 11.6. The molecule has 8 nitrogen and oxygen atoms in total. The summed E-state index contributed by atoms with van der Waals surface area (Å²) >= 11 is 5.63. The lowest BCUT2D eigenvalue weighted by atomic mass is 10.2. The molecular weight excluding hydrogens is 423 g/mol. The van der Waals surface area contributed by atoms with E-state index in [9.17, 15) is 17.6 Å². The van der Waals surface area contributed by atoms with Crippen molar-refractivity contribution in [2.75, 3.05) is 13.7 Å². The summed E-state index contributed by atoms with van der Waals surface area (Å²) in [5.41, 5.74) is 0.325. The van der Waals surface area contributed by atoms with Crippen molar-refractivity contribution in [1.29, 1.82) is 0 Å². The van der Waals surface area contributed by atoms with Gasteiger partial charge in [-0.1, -0.05) is 11.6 Å². The summed E-state index contributed by atoms with van der Waals surface area (Å²) in [5, 5.41) is 3.98. The third-order valence-electron chi connectivity index (χ3n) is 4.21. The molecule has 0 aliphatic carbocycles. The molecule has 0 amide bonds. The fraction of sp³-hybridized carbons (Fsp3) is 0.222. The number of hydrogen-bond donors (Lipinski definition) is 1. The van der Waals surface area contributed by atoms with Gasteiger partial charge in [0.25, 0.3) is 0 Å². The van der Waals surface area contributed by atoms with E-state index in [1.807, 2.05) is 0 Å². The second-order valence-corrected chi connectivity index (χ2v) is 8.26. The third-order valence-corrected chi connectivity index (χ3v) is 5.95. The molecule has 0 aliphatic heterocycles. The highest BCUT2D eigenvalue weighted by Crippen LogP contribution is 2.20. The van der Waals surface area contributed by atoms with E-state index in [4.69, 9.17) is 16.3 Å². The maximum atomic E-state index is 13.2. The second-order valence-electron chi connectivity index (χ2n) is 6.09. The van der Waals surface area contributed by atoms with E-state index in [1.54, 1.807) is 38.4 Å². The molecule has 0 spiro atoms. The Morgan fingerprint density at radius 1 is 1.21 bits per heavy atom. The molecule has 0 radical (unpaired) electrons. The summed E-state index contributed by atoms with van der Waals surface area (Å²) in [6.07, 6.45) is 0. The van der Waals surface area contributed by atoms with Crippen LogP contribution in [0, 0.1) is 5.82 Å². The predicted molar refractivity (Wildman–Crippen MR) is 106 cm³/mol. The van der Waals surface area contributed by atoms with Crippen LogP contribution in [-0.4, -0.2) is 36.4 Å². The van der Waals surface area contributed by atoms with Gasteiger partial charge in [0.1, 0.15) is 11.6 Å². The van der Waals surface area contributed by atoms with Crippen molar-refractivity contribution in [3.05, 3.63) is 63.8 Å². The first-order valence-corrected chi connectivity index (χ1v) is 10.3. The number of aromatic nitrogens is 3. The van der Waals surface area contributed by atoms with Gasteiger partial charge in [0, 0.05) is 19.2 Å². The predicted octanol–water partition coefficient (Wildman–Crippen LogP) is 2.03. The van der Waals surface area contributed by atoms with Crippen LogP contribution >= 0.6 is 11.6 Å². The largest absolute Gasteiger partial charge is 0.497 e. The molecule has 0 fully saturated rings. The molecule has 3 rings (SSSR count). The number of nitrogens with zero attached hydrogens (tertiary/aromatic N) is 3. The molecule has 0 saturated carbocycles. The highest BCUT2D eigenvalue weighted by atomic mass is 35.5. The van der Waals surface area contributed by atoms with E-state index in [2.05, 4.69) is 9.82 Å². The van der Waals surface area contributed by atoms with Crippen LogP contribution in [0.4, 0.5) is 4.39 Å². The third kappa shape index (κ3) is 4.50. The highest BCUT2D eigenvalue weighted by molar-refractivity contribution is 7.89. The van der Waals surface area contributed by atoms with Crippen molar-refractivity contribution in [3.63, 3.8) is 0 Å². The summed E-state index contributed by atoms with van der Waals surface area (Å²) < 4.78 is 47.8. The number of nitrogens with one attached hydrogen (secondary N) is 1. The summed E-state index contributed by atoms with van der Waals surface area (Å²) in [6, 6.07) is 10.1. The van der Waals surface area contributed by atoms with Crippen molar-refractivity contribution in [3.8, 4) is 17.1 Å². The lowest BCUT2D eigenvalue weighted by Gasteiger charge is -2.07. The molecule has 0 unspecified atom stereocenters. The molecule has 2 aromatic carbocycles. The van der Waals surface area contributed by atoms with Gasteiger partial charge in [-0.05, 0) is 42.5 Å². The molecule has 1 aromatic heterocycles. The van der Waals surface area contributed by atoms with E-state index < -0.39 is 15.8 Å². The molecule has 29 heavy (non-hydrogen) atoms. The van der Waals surface area contributed by atoms with Gasteiger partial charge in [-0.15, -0.1) is 5.10 Å².